The molecule has 1 aliphatic rings. The van der Waals surface area contributed by atoms with Gasteiger partial charge in [-0.3, -0.25) is 4.79 Å². The van der Waals surface area contributed by atoms with Crippen LogP contribution < -0.4 is 4.74 Å². The second-order valence-corrected chi connectivity index (χ2v) is 6.45. The summed E-state index contributed by atoms with van der Waals surface area (Å²) in [4.78, 5) is 12.5. The molecule has 0 bridgehead atoms. The lowest BCUT2D eigenvalue weighted by atomic mass is 9.79. The number of carbonyl (C=O) groups excluding carboxylic acids is 1. The lowest BCUT2D eigenvalue weighted by Gasteiger charge is -2.22. The fraction of sp³-hybridized carbons (Fsp3) is 0.562. The van der Waals surface area contributed by atoms with Gasteiger partial charge in [0.25, 0.3) is 0 Å². The molecule has 18 heavy (non-hydrogen) atoms. The third kappa shape index (κ3) is 2.05. The van der Waals surface area contributed by atoms with Crippen molar-refractivity contribution in [3.63, 3.8) is 0 Å². The molecule has 0 fully saturated rings. The van der Waals surface area contributed by atoms with Gasteiger partial charge in [-0.15, -0.1) is 0 Å². The Bertz CT molecular complexity index is 484. The molecule has 0 amide bonds. The van der Waals surface area contributed by atoms with E-state index in [1.807, 2.05) is 32.0 Å². The van der Waals surface area contributed by atoms with E-state index >= 15 is 0 Å². The number of hydrogen-bond donors (Lipinski definition) is 0. The van der Waals surface area contributed by atoms with Crippen molar-refractivity contribution < 1.29 is 9.53 Å². The number of ketones is 1. The molecule has 2 rings (SSSR count). The van der Waals surface area contributed by atoms with Crippen molar-refractivity contribution in [2.45, 2.75) is 46.5 Å². The zero-order valence-corrected chi connectivity index (χ0v) is 12.0. The van der Waals surface area contributed by atoms with Gasteiger partial charge in [0.2, 0.25) is 0 Å². The molecular weight excluding hydrogens is 224 g/mol. The van der Waals surface area contributed by atoms with Crippen molar-refractivity contribution >= 4 is 5.78 Å². The standard InChI is InChI=1S/C16H22O2/c1-6-15(2,3)14(17)11-7-8-13-12(9-11)16(4,5)10-18-13/h7-9H,6,10H2,1-5H3. The fourth-order valence-corrected chi connectivity index (χ4v) is 2.21. The first-order valence-electron chi connectivity index (χ1n) is 6.60. The van der Waals surface area contributed by atoms with Gasteiger partial charge in [-0.05, 0) is 24.6 Å². The van der Waals surface area contributed by atoms with Crippen LogP contribution in [0.15, 0.2) is 18.2 Å². The number of carbonyl (C=O) groups is 1. The molecular formula is C16H22O2. The molecule has 0 aromatic heterocycles. The minimum atomic E-state index is -0.294. The van der Waals surface area contributed by atoms with Gasteiger partial charge in [-0.1, -0.05) is 34.6 Å². The molecule has 0 saturated carbocycles. The second kappa shape index (κ2) is 4.11. The zero-order valence-electron chi connectivity index (χ0n) is 12.0. The van der Waals surface area contributed by atoms with Crippen LogP contribution in [0.2, 0.25) is 0 Å². The van der Waals surface area contributed by atoms with Crippen LogP contribution in [0.1, 0.15) is 57.0 Å². The van der Waals surface area contributed by atoms with E-state index in [4.69, 9.17) is 4.74 Å². The highest BCUT2D eigenvalue weighted by molar-refractivity contribution is 6.00. The van der Waals surface area contributed by atoms with Crippen molar-refractivity contribution in [1.82, 2.24) is 0 Å². The molecule has 2 heteroatoms. The maximum Gasteiger partial charge on any atom is 0.168 e. The summed E-state index contributed by atoms with van der Waals surface area (Å²) in [6.45, 7) is 11.1. The van der Waals surface area contributed by atoms with Gasteiger partial charge in [-0.2, -0.15) is 0 Å². The van der Waals surface area contributed by atoms with E-state index in [0.717, 1.165) is 23.3 Å². The van der Waals surface area contributed by atoms with Crippen LogP contribution in [0.5, 0.6) is 5.75 Å². The molecule has 2 nitrogen and oxygen atoms in total. The third-order valence-electron chi connectivity index (χ3n) is 4.06. The van der Waals surface area contributed by atoms with E-state index in [2.05, 4.69) is 20.8 Å². The summed E-state index contributed by atoms with van der Waals surface area (Å²) in [6, 6.07) is 5.84. The lowest BCUT2D eigenvalue weighted by Crippen LogP contribution is -2.24. The predicted molar refractivity (Wildman–Crippen MR) is 73.4 cm³/mol. The van der Waals surface area contributed by atoms with Crippen LogP contribution >= 0.6 is 0 Å². The van der Waals surface area contributed by atoms with E-state index in [1.165, 1.54) is 0 Å². The Balaban J connectivity index is 2.42. The molecule has 0 unspecified atom stereocenters. The molecule has 0 aliphatic carbocycles. The van der Waals surface area contributed by atoms with E-state index in [9.17, 15) is 4.79 Å². The molecule has 0 spiro atoms. The average Bonchev–Trinajstić information content (AvgIpc) is 2.64. The van der Waals surface area contributed by atoms with Crippen molar-refractivity contribution in [2.75, 3.05) is 6.61 Å². The summed E-state index contributed by atoms with van der Waals surface area (Å²) in [5, 5.41) is 0. The van der Waals surface area contributed by atoms with Gasteiger partial charge in [0.15, 0.2) is 5.78 Å². The minimum absolute atomic E-state index is 0.00197. The predicted octanol–water partition coefficient (Wildman–Crippen LogP) is 3.98. The number of ether oxygens (including phenoxy) is 1. The molecule has 1 aromatic carbocycles. The summed E-state index contributed by atoms with van der Waals surface area (Å²) in [5.41, 5.74) is 1.67. The number of fused-ring (bicyclic) bond motifs is 1. The number of Topliss-reactive ketones (excluding diaryl/α,β-unsaturated/α-hetero) is 1. The van der Waals surface area contributed by atoms with E-state index in [0.29, 0.717) is 6.61 Å². The Morgan fingerprint density at radius 2 is 2.06 bits per heavy atom. The van der Waals surface area contributed by atoms with Gasteiger partial charge in [0, 0.05) is 22.0 Å². The summed E-state index contributed by atoms with van der Waals surface area (Å²) in [7, 11) is 0. The van der Waals surface area contributed by atoms with Crippen LogP contribution in [-0.2, 0) is 5.41 Å². The minimum Gasteiger partial charge on any atom is -0.492 e. The molecule has 0 N–H and O–H groups in total. The van der Waals surface area contributed by atoms with Gasteiger partial charge in [0.05, 0.1) is 6.61 Å². The molecule has 0 saturated heterocycles. The molecule has 98 valence electrons. The summed E-state index contributed by atoms with van der Waals surface area (Å²) in [6.07, 6.45) is 0.850. The topological polar surface area (TPSA) is 26.3 Å². The molecule has 1 heterocycles. The van der Waals surface area contributed by atoms with Crippen molar-refractivity contribution in [2.24, 2.45) is 5.41 Å². The highest BCUT2D eigenvalue weighted by atomic mass is 16.5. The average molecular weight is 246 g/mol. The van der Waals surface area contributed by atoms with Gasteiger partial charge in [-0.25, -0.2) is 0 Å². The third-order valence-corrected chi connectivity index (χ3v) is 4.06. The SMILES string of the molecule is CCC(C)(C)C(=O)c1ccc2c(c1)C(C)(C)CO2. The van der Waals surface area contributed by atoms with Gasteiger partial charge in [0.1, 0.15) is 5.75 Å². The van der Waals surface area contributed by atoms with Crippen LogP contribution in [0.4, 0.5) is 0 Å². The Labute approximate surface area is 109 Å². The van der Waals surface area contributed by atoms with E-state index < -0.39 is 0 Å². The zero-order chi connectivity index (χ0) is 13.6. The van der Waals surface area contributed by atoms with Gasteiger partial charge >= 0.3 is 0 Å². The Morgan fingerprint density at radius 3 is 2.67 bits per heavy atom. The number of hydrogen-bond acceptors (Lipinski definition) is 2. The largest absolute Gasteiger partial charge is 0.492 e. The highest BCUT2D eigenvalue weighted by Crippen LogP contribution is 2.39. The van der Waals surface area contributed by atoms with Crippen molar-refractivity contribution in [3.8, 4) is 5.75 Å². The summed E-state index contributed by atoms with van der Waals surface area (Å²) < 4.78 is 5.65. The number of benzene rings is 1. The van der Waals surface area contributed by atoms with Crippen molar-refractivity contribution in [1.29, 1.82) is 0 Å². The maximum absolute atomic E-state index is 12.5. The lowest BCUT2D eigenvalue weighted by molar-refractivity contribution is 0.0833. The normalized spacial score (nSPS) is 17.2. The quantitative estimate of drug-likeness (QED) is 0.754. The van der Waals surface area contributed by atoms with Crippen LogP contribution in [-0.4, -0.2) is 12.4 Å². The Kier molecular flexibility index (Phi) is 3.00. The van der Waals surface area contributed by atoms with Crippen LogP contribution in [0.3, 0.4) is 0 Å². The smallest absolute Gasteiger partial charge is 0.168 e. The second-order valence-electron chi connectivity index (χ2n) is 6.45. The summed E-state index contributed by atoms with van der Waals surface area (Å²) in [5.74, 6) is 1.14. The first-order valence-corrected chi connectivity index (χ1v) is 6.60. The Morgan fingerprint density at radius 1 is 1.39 bits per heavy atom. The molecule has 0 radical (unpaired) electrons. The van der Waals surface area contributed by atoms with Crippen LogP contribution in [0, 0.1) is 5.41 Å². The molecule has 0 atom stereocenters. The number of rotatable bonds is 3. The summed E-state index contributed by atoms with van der Waals surface area (Å²) >= 11 is 0. The maximum atomic E-state index is 12.5. The highest BCUT2D eigenvalue weighted by Gasteiger charge is 2.34. The fourth-order valence-electron chi connectivity index (χ4n) is 2.21. The first kappa shape index (κ1) is 13.1. The van der Waals surface area contributed by atoms with E-state index in [1.54, 1.807) is 0 Å². The van der Waals surface area contributed by atoms with Crippen LogP contribution in [0.25, 0.3) is 0 Å². The molecule has 1 aliphatic heterocycles. The van der Waals surface area contributed by atoms with Gasteiger partial charge < -0.3 is 4.74 Å². The monoisotopic (exact) mass is 246 g/mol. The van der Waals surface area contributed by atoms with E-state index in [-0.39, 0.29) is 16.6 Å². The van der Waals surface area contributed by atoms with Crippen molar-refractivity contribution in [3.05, 3.63) is 29.3 Å². The first-order chi connectivity index (χ1) is 8.28. The molecule has 1 aromatic rings. The Hall–Kier alpha value is -1.31.